The molecule has 0 aliphatic carbocycles. The van der Waals surface area contributed by atoms with Gasteiger partial charge < -0.3 is 15.2 Å². The lowest BCUT2D eigenvalue weighted by Gasteiger charge is -2.35. The van der Waals surface area contributed by atoms with Crippen molar-refractivity contribution in [3.8, 4) is 0 Å². The summed E-state index contributed by atoms with van der Waals surface area (Å²) in [4.78, 5) is 25.9. The number of carbonyl (C=O) groups is 2. The van der Waals surface area contributed by atoms with E-state index < -0.39 is 5.91 Å². The summed E-state index contributed by atoms with van der Waals surface area (Å²) in [6.07, 6.45) is 4.20. The number of hydrogen-bond acceptors (Lipinski definition) is 2. The summed E-state index contributed by atoms with van der Waals surface area (Å²) >= 11 is 0. The lowest BCUT2D eigenvalue weighted by Crippen LogP contribution is -2.46. The minimum atomic E-state index is -0.476. The highest BCUT2D eigenvalue weighted by Crippen LogP contribution is 2.22. The molecule has 2 N–H and O–H groups in total. The highest BCUT2D eigenvalue weighted by Gasteiger charge is 2.31. The largest absolute Gasteiger partial charge is 0.364 e. The molecule has 5 nitrogen and oxygen atoms in total. The van der Waals surface area contributed by atoms with Crippen molar-refractivity contribution in [2.45, 2.75) is 52.1 Å². The van der Waals surface area contributed by atoms with Crippen LogP contribution in [0.4, 0.5) is 0 Å². The molecule has 0 spiro atoms. The molecule has 1 aliphatic heterocycles. The third-order valence-corrected chi connectivity index (χ3v) is 3.96. The molecule has 0 bridgehead atoms. The van der Waals surface area contributed by atoms with Crippen LogP contribution in [0.25, 0.3) is 0 Å². The smallest absolute Gasteiger partial charge is 0.270 e. The van der Waals surface area contributed by atoms with Crippen molar-refractivity contribution < 1.29 is 9.59 Å². The molecule has 0 aromatic carbocycles. The number of nitrogens with two attached hydrogens (primary N) is 1. The molecule has 2 heterocycles. The average Bonchev–Trinajstić information content (AvgIpc) is 2.84. The number of carbonyl (C=O) groups excluding carboxylic acids is 2. The summed E-state index contributed by atoms with van der Waals surface area (Å²) in [6, 6.07) is 3.66. The molecule has 1 aromatic rings. The molecule has 2 rings (SSSR count). The van der Waals surface area contributed by atoms with Gasteiger partial charge in [0.25, 0.3) is 11.8 Å². The van der Waals surface area contributed by atoms with Crippen LogP contribution in [0.3, 0.4) is 0 Å². The maximum atomic E-state index is 12.6. The van der Waals surface area contributed by atoms with Crippen LogP contribution in [-0.4, -0.2) is 33.9 Å². The van der Waals surface area contributed by atoms with E-state index in [9.17, 15) is 9.59 Å². The van der Waals surface area contributed by atoms with Gasteiger partial charge in [0, 0.05) is 19.1 Å². The third kappa shape index (κ3) is 2.57. The molecule has 20 heavy (non-hydrogen) atoms. The molecule has 0 saturated heterocycles. The van der Waals surface area contributed by atoms with Crippen LogP contribution in [-0.2, 0) is 6.54 Å². The van der Waals surface area contributed by atoms with Gasteiger partial charge in [-0.3, -0.25) is 9.59 Å². The topological polar surface area (TPSA) is 68.3 Å². The van der Waals surface area contributed by atoms with Gasteiger partial charge in [0.05, 0.1) is 0 Å². The molecule has 0 saturated carbocycles. The maximum absolute atomic E-state index is 12.6. The number of nitrogens with zero attached hydrogens (tertiary/aromatic N) is 2. The van der Waals surface area contributed by atoms with Crippen LogP contribution < -0.4 is 5.73 Å². The Balaban J connectivity index is 2.25. The normalized spacial score (nSPS) is 14.8. The summed E-state index contributed by atoms with van der Waals surface area (Å²) in [6.45, 7) is 5.59. The van der Waals surface area contributed by atoms with Crippen LogP contribution in [0.5, 0.6) is 0 Å². The van der Waals surface area contributed by atoms with Crippen LogP contribution in [0, 0.1) is 0 Å². The van der Waals surface area contributed by atoms with Crippen molar-refractivity contribution in [3.05, 3.63) is 23.5 Å². The fourth-order valence-corrected chi connectivity index (χ4v) is 3.04. The fourth-order valence-electron chi connectivity index (χ4n) is 3.04. The van der Waals surface area contributed by atoms with Crippen molar-refractivity contribution in [1.29, 1.82) is 0 Å². The Morgan fingerprint density at radius 1 is 1.25 bits per heavy atom. The van der Waals surface area contributed by atoms with Gasteiger partial charge in [-0.1, -0.05) is 26.7 Å². The average molecular weight is 277 g/mol. The van der Waals surface area contributed by atoms with Crippen LogP contribution in [0.1, 0.15) is 60.5 Å². The SMILES string of the molecule is CCCC(CCC)N1CCn2c(C(N)=O)ccc2C1=O. The predicted molar refractivity (Wildman–Crippen MR) is 77.6 cm³/mol. The molecule has 5 heteroatoms. The zero-order valence-corrected chi connectivity index (χ0v) is 12.3. The number of rotatable bonds is 6. The van der Waals surface area contributed by atoms with Crippen LogP contribution in [0.2, 0.25) is 0 Å². The Bertz CT molecular complexity index is 501. The van der Waals surface area contributed by atoms with Crippen molar-refractivity contribution in [2.24, 2.45) is 5.73 Å². The zero-order valence-electron chi connectivity index (χ0n) is 12.3. The molecule has 1 aromatic heterocycles. The van der Waals surface area contributed by atoms with E-state index in [-0.39, 0.29) is 5.91 Å². The first-order valence-electron chi connectivity index (χ1n) is 7.40. The second kappa shape index (κ2) is 6.11. The van der Waals surface area contributed by atoms with E-state index in [1.165, 1.54) is 0 Å². The molecule has 2 amide bonds. The molecule has 0 radical (unpaired) electrons. The van der Waals surface area contributed by atoms with Crippen molar-refractivity contribution in [3.63, 3.8) is 0 Å². The predicted octanol–water partition coefficient (Wildman–Crippen LogP) is 2.01. The molecule has 1 aliphatic rings. The molecule has 0 fully saturated rings. The van der Waals surface area contributed by atoms with Gasteiger partial charge in [0.2, 0.25) is 0 Å². The standard InChI is InChI=1S/C15H23N3O2/c1-3-5-11(6-4-2)17-9-10-18-12(14(16)19)7-8-13(18)15(17)20/h7-8,11H,3-6,9-10H2,1-2H3,(H2,16,19). The van der Waals surface area contributed by atoms with Crippen molar-refractivity contribution in [2.75, 3.05) is 6.54 Å². The molecule has 110 valence electrons. The summed E-state index contributed by atoms with van der Waals surface area (Å²) in [5.74, 6) is -0.452. The van der Waals surface area contributed by atoms with E-state index in [0.29, 0.717) is 30.5 Å². The minimum Gasteiger partial charge on any atom is -0.364 e. The Kier molecular flexibility index (Phi) is 4.47. The van der Waals surface area contributed by atoms with Gasteiger partial charge in [-0.2, -0.15) is 0 Å². The first-order valence-corrected chi connectivity index (χ1v) is 7.40. The number of fused-ring (bicyclic) bond motifs is 1. The Hall–Kier alpha value is -1.78. The lowest BCUT2D eigenvalue weighted by atomic mass is 10.0. The fraction of sp³-hybridized carbons (Fsp3) is 0.600. The second-order valence-corrected chi connectivity index (χ2v) is 5.35. The quantitative estimate of drug-likeness (QED) is 0.864. The lowest BCUT2D eigenvalue weighted by molar-refractivity contribution is 0.0593. The molecule has 0 unspecified atom stereocenters. The third-order valence-electron chi connectivity index (χ3n) is 3.96. The molecular weight excluding hydrogens is 254 g/mol. The number of amides is 2. The molecule has 0 atom stereocenters. The second-order valence-electron chi connectivity index (χ2n) is 5.35. The van der Waals surface area contributed by atoms with Gasteiger partial charge in [-0.05, 0) is 25.0 Å². The van der Waals surface area contributed by atoms with Crippen molar-refractivity contribution in [1.82, 2.24) is 9.47 Å². The minimum absolute atomic E-state index is 0.0238. The Labute approximate surface area is 119 Å². The highest BCUT2D eigenvalue weighted by molar-refractivity contribution is 5.98. The van der Waals surface area contributed by atoms with Crippen molar-refractivity contribution >= 4 is 11.8 Å². The van der Waals surface area contributed by atoms with E-state index >= 15 is 0 Å². The van der Waals surface area contributed by atoms with Gasteiger partial charge in [0.1, 0.15) is 11.4 Å². The Morgan fingerprint density at radius 3 is 2.45 bits per heavy atom. The van der Waals surface area contributed by atoms with Gasteiger partial charge in [-0.15, -0.1) is 0 Å². The number of primary amides is 1. The zero-order chi connectivity index (χ0) is 14.7. The van der Waals surface area contributed by atoms with E-state index in [1.807, 2.05) is 4.90 Å². The van der Waals surface area contributed by atoms with E-state index in [0.717, 1.165) is 25.7 Å². The molecular formula is C15H23N3O2. The van der Waals surface area contributed by atoms with E-state index in [1.54, 1.807) is 16.7 Å². The van der Waals surface area contributed by atoms with Crippen LogP contribution in [0.15, 0.2) is 12.1 Å². The van der Waals surface area contributed by atoms with E-state index in [2.05, 4.69) is 13.8 Å². The Morgan fingerprint density at radius 2 is 1.90 bits per heavy atom. The van der Waals surface area contributed by atoms with E-state index in [4.69, 9.17) is 5.73 Å². The summed E-state index contributed by atoms with van der Waals surface area (Å²) < 4.78 is 1.75. The van der Waals surface area contributed by atoms with Gasteiger partial charge in [-0.25, -0.2) is 0 Å². The summed E-state index contributed by atoms with van der Waals surface area (Å²) in [5.41, 5.74) is 6.34. The van der Waals surface area contributed by atoms with Gasteiger partial charge in [0.15, 0.2) is 0 Å². The highest BCUT2D eigenvalue weighted by atomic mass is 16.2. The number of aromatic nitrogens is 1. The maximum Gasteiger partial charge on any atom is 0.270 e. The van der Waals surface area contributed by atoms with Gasteiger partial charge >= 0.3 is 0 Å². The monoisotopic (exact) mass is 277 g/mol. The summed E-state index contributed by atoms with van der Waals surface area (Å²) in [7, 11) is 0. The summed E-state index contributed by atoms with van der Waals surface area (Å²) in [5, 5.41) is 0. The van der Waals surface area contributed by atoms with Crippen LogP contribution >= 0.6 is 0 Å². The first kappa shape index (κ1) is 14.6. The number of hydrogen-bond donors (Lipinski definition) is 1. The first-order chi connectivity index (χ1) is 9.60.